The Morgan fingerprint density at radius 1 is 0.773 bits per heavy atom. The minimum absolute atomic E-state index is 0.381. The number of ether oxygens (including phenoxy) is 3. The highest BCUT2D eigenvalue weighted by Gasteiger charge is 2.42. The van der Waals surface area contributed by atoms with Crippen LogP contribution in [0.3, 0.4) is 0 Å². The predicted octanol–water partition coefficient (Wildman–Crippen LogP) is -0.101. The molecule has 0 spiro atoms. The van der Waals surface area contributed by atoms with Gasteiger partial charge in [0.05, 0.1) is 21.3 Å². The summed E-state index contributed by atoms with van der Waals surface area (Å²) in [6.45, 7) is 4.75. The van der Waals surface area contributed by atoms with Crippen LogP contribution in [0, 0.1) is 17.8 Å². The van der Waals surface area contributed by atoms with Gasteiger partial charge < -0.3 is 19.5 Å². The number of esters is 3. The highest BCUT2D eigenvalue weighted by molar-refractivity contribution is 5.96. The van der Waals surface area contributed by atoms with Crippen molar-refractivity contribution in [2.75, 3.05) is 21.3 Å². The van der Waals surface area contributed by atoms with Crippen LogP contribution in [0.2, 0.25) is 0 Å². The fourth-order valence-electron chi connectivity index (χ4n) is 1.82. The van der Waals surface area contributed by atoms with E-state index in [1.807, 2.05) is 0 Å². The number of hydrogen-bond donors (Lipinski definition) is 1. The van der Waals surface area contributed by atoms with Gasteiger partial charge in [-0.05, 0) is 0 Å². The molecule has 22 heavy (non-hydrogen) atoms. The van der Waals surface area contributed by atoms with Crippen LogP contribution in [-0.4, -0.2) is 51.2 Å². The Labute approximate surface area is 129 Å². The fourth-order valence-corrected chi connectivity index (χ4v) is 1.82. The van der Waals surface area contributed by atoms with Gasteiger partial charge in [-0.3, -0.25) is 14.4 Å². The number of amides is 1. The number of methoxy groups -OCH3 is 3. The lowest BCUT2D eigenvalue weighted by molar-refractivity contribution is -0.163. The molecule has 0 rings (SSSR count). The maximum atomic E-state index is 11.9. The van der Waals surface area contributed by atoms with Gasteiger partial charge in [0, 0.05) is 11.8 Å². The van der Waals surface area contributed by atoms with Gasteiger partial charge in [0.15, 0.2) is 5.92 Å². The third-order valence-electron chi connectivity index (χ3n) is 3.24. The lowest BCUT2D eigenvalue weighted by atomic mass is 9.87. The monoisotopic (exact) mass is 317 g/mol. The molecule has 8 heteroatoms. The average Bonchev–Trinajstić information content (AvgIpc) is 2.50. The third kappa shape index (κ3) is 5.01. The molecule has 0 heterocycles. The predicted molar refractivity (Wildman–Crippen MR) is 75.5 cm³/mol. The first-order valence-corrected chi connectivity index (χ1v) is 6.75. The van der Waals surface area contributed by atoms with Crippen molar-refractivity contribution in [3.05, 3.63) is 0 Å². The van der Waals surface area contributed by atoms with E-state index in [9.17, 15) is 19.2 Å². The standard InChI is InChI=1S/C14H23NO7/c1-7(2)11(16)15-10(14(19)22-6)8(3)9(12(17)20-4)13(18)21-5/h7-10H,1-6H3,(H,15,16)/t8-,10-/m1/s1. The van der Waals surface area contributed by atoms with Crippen molar-refractivity contribution in [1.29, 1.82) is 0 Å². The van der Waals surface area contributed by atoms with Gasteiger partial charge in [0.25, 0.3) is 0 Å². The second kappa shape index (κ2) is 9.01. The van der Waals surface area contributed by atoms with Crippen molar-refractivity contribution >= 4 is 23.8 Å². The van der Waals surface area contributed by atoms with Crippen molar-refractivity contribution in [2.24, 2.45) is 17.8 Å². The summed E-state index contributed by atoms with van der Waals surface area (Å²) in [7, 11) is 3.38. The molecule has 0 aliphatic rings. The maximum Gasteiger partial charge on any atom is 0.328 e. The van der Waals surface area contributed by atoms with Gasteiger partial charge >= 0.3 is 17.9 Å². The van der Waals surface area contributed by atoms with Crippen molar-refractivity contribution in [3.63, 3.8) is 0 Å². The van der Waals surface area contributed by atoms with Crippen LogP contribution in [0.5, 0.6) is 0 Å². The summed E-state index contributed by atoms with van der Waals surface area (Å²) in [5.74, 6) is -5.52. The Morgan fingerprint density at radius 2 is 1.18 bits per heavy atom. The quantitative estimate of drug-likeness (QED) is 0.397. The Bertz CT molecular complexity index is 417. The molecule has 2 atom stereocenters. The average molecular weight is 317 g/mol. The number of carbonyl (C=O) groups excluding carboxylic acids is 4. The fraction of sp³-hybridized carbons (Fsp3) is 0.714. The molecule has 0 aromatic rings. The first kappa shape index (κ1) is 19.9. The van der Waals surface area contributed by atoms with Gasteiger partial charge in [-0.25, -0.2) is 4.79 Å². The summed E-state index contributed by atoms with van der Waals surface area (Å²) < 4.78 is 13.8. The lowest BCUT2D eigenvalue weighted by Crippen LogP contribution is -2.51. The zero-order valence-corrected chi connectivity index (χ0v) is 13.7. The molecule has 0 saturated carbocycles. The summed E-state index contributed by atoms with van der Waals surface area (Å²) in [6, 6.07) is -1.18. The summed E-state index contributed by atoms with van der Waals surface area (Å²) >= 11 is 0. The molecule has 1 amide bonds. The van der Waals surface area contributed by atoms with E-state index in [-0.39, 0.29) is 5.92 Å². The molecule has 0 radical (unpaired) electrons. The van der Waals surface area contributed by atoms with E-state index < -0.39 is 41.7 Å². The Hall–Kier alpha value is -2.12. The van der Waals surface area contributed by atoms with Crippen LogP contribution >= 0.6 is 0 Å². The highest BCUT2D eigenvalue weighted by Crippen LogP contribution is 2.20. The maximum absolute atomic E-state index is 11.9. The van der Waals surface area contributed by atoms with Gasteiger partial charge in [0.1, 0.15) is 6.04 Å². The van der Waals surface area contributed by atoms with E-state index in [4.69, 9.17) is 0 Å². The van der Waals surface area contributed by atoms with E-state index in [1.165, 1.54) is 6.92 Å². The van der Waals surface area contributed by atoms with Gasteiger partial charge in [0.2, 0.25) is 5.91 Å². The zero-order valence-electron chi connectivity index (χ0n) is 13.7. The summed E-state index contributed by atoms with van der Waals surface area (Å²) in [4.78, 5) is 47.3. The molecule has 0 aliphatic heterocycles. The van der Waals surface area contributed by atoms with Crippen LogP contribution in [0.15, 0.2) is 0 Å². The molecule has 0 aromatic heterocycles. The van der Waals surface area contributed by atoms with E-state index >= 15 is 0 Å². The van der Waals surface area contributed by atoms with Crippen LogP contribution in [0.4, 0.5) is 0 Å². The molecular formula is C14H23NO7. The smallest absolute Gasteiger partial charge is 0.328 e. The van der Waals surface area contributed by atoms with Crippen LogP contribution in [0.25, 0.3) is 0 Å². The van der Waals surface area contributed by atoms with Gasteiger partial charge in [-0.15, -0.1) is 0 Å². The summed E-state index contributed by atoms with van der Waals surface area (Å²) in [5, 5.41) is 2.48. The molecule has 0 unspecified atom stereocenters. The molecule has 0 aliphatic carbocycles. The molecule has 1 N–H and O–H groups in total. The van der Waals surface area contributed by atoms with E-state index in [0.717, 1.165) is 21.3 Å². The zero-order chi connectivity index (χ0) is 17.4. The minimum Gasteiger partial charge on any atom is -0.468 e. The van der Waals surface area contributed by atoms with Gasteiger partial charge in [-0.2, -0.15) is 0 Å². The molecule has 0 aromatic carbocycles. The Morgan fingerprint density at radius 3 is 1.50 bits per heavy atom. The summed E-state index contributed by atoms with van der Waals surface area (Å²) in [5.41, 5.74) is 0. The molecule has 8 nitrogen and oxygen atoms in total. The molecule has 126 valence electrons. The second-order valence-electron chi connectivity index (χ2n) is 5.05. The van der Waals surface area contributed by atoms with Crippen LogP contribution in [0.1, 0.15) is 20.8 Å². The van der Waals surface area contributed by atoms with Crippen molar-refractivity contribution < 1.29 is 33.4 Å². The Balaban J connectivity index is 5.49. The number of hydrogen-bond acceptors (Lipinski definition) is 7. The first-order chi connectivity index (χ1) is 10.2. The van der Waals surface area contributed by atoms with E-state index in [1.54, 1.807) is 13.8 Å². The SMILES string of the molecule is COC(=O)C(C(=O)OC)[C@@H](C)[C@@H](NC(=O)C(C)C)C(=O)OC. The molecule has 0 saturated heterocycles. The topological polar surface area (TPSA) is 108 Å². The molecule has 0 fully saturated rings. The number of rotatable bonds is 7. The second-order valence-corrected chi connectivity index (χ2v) is 5.05. The van der Waals surface area contributed by atoms with E-state index in [0.29, 0.717) is 0 Å². The first-order valence-electron chi connectivity index (χ1n) is 6.75. The van der Waals surface area contributed by atoms with Crippen molar-refractivity contribution in [2.45, 2.75) is 26.8 Å². The minimum atomic E-state index is -1.36. The summed E-state index contributed by atoms with van der Waals surface area (Å²) in [6.07, 6.45) is 0. The Kier molecular flexibility index (Phi) is 8.14. The van der Waals surface area contributed by atoms with Gasteiger partial charge in [-0.1, -0.05) is 20.8 Å². The van der Waals surface area contributed by atoms with E-state index in [2.05, 4.69) is 19.5 Å². The number of nitrogens with one attached hydrogen (secondary N) is 1. The van der Waals surface area contributed by atoms with Crippen molar-refractivity contribution in [3.8, 4) is 0 Å². The number of carbonyl (C=O) groups is 4. The lowest BCUT2D eigenvalue weighted by Gasteiger charge is -2.27. The highest BCUT2D eigenvalue weighted by atomic mass is 16.5. The van der Waals surface area contributed by atoms with Crippen molar-refractivity contribution in [1.82, 2.24) is 5.32 Å². The normalized spacial score (nSPS) is 13.3. The van der Waals surface area contributed by atoms with Crippen LogP contribution < -0.4 is 5.32 Å². The molecular weight excluding hydrogens is 294 g/mol. The molecule has 0 bridgehead atoms. The largest absolute Gasteiger partial charge is 0.468 e. The third-order valence-corrected chi connectivity index (χ3v) is 3.24. The van der Waals surface area contributed by atoms with Crippen LogP contribution in [-0.2, 0) is 33.4 Å².